The molecule has 1 aliphatic heterocycles. The van der Waals surface area contributed by atoms with Crippen LogP contribution in [-0.2, 0) is 0 Å². The van der Waals surface area contributed by atoms with E-state index in [2.05, 4.69) is 5.32 Å². The maximum atomic E-state index is 13.8. The van der Waals surface area contributed by atoms with Crippen LogP contribution < -0.4 is 5.32 Å². The van der Waals surface area contributed by atoms with Crippen LogP contribution in [0.5, 0.6) is 0 Å². The fourth-order valence-electron chi connectivity index (χ4n) is 2.46. The SMILES string of the molecule is Fc1cccc(F)c1[C@@H](CC(F)(F)F)N1CCNCC1. The van der Waals surface area contributed by atoms with Crippen molar-refractivity contribution in [3.8, 4) is 0 Å². The van der Waals surface area contributed by atoms with Crippen molar-refractivity contribution in [1.29, 1.82) is 0 Å². The fraction of sp³-hybridized carbons (Fsp3) is 0.538. The average molecular weight is 294 g/mol. The van der Waals surface area contributed by atoms with Crippen LogP contribution >= 0.6 is 0 Å². The normalized spacial score (nSPS) is 19.1. The van der Waals surface area contributed by atoms with Crippen LogP contribution in [0.3, 0.4) is 0 Å². The number of alkyl halides is 3. The third-order valence-electron chi connectivity index (χ3n) is 3.35. The quantitative estimate of drug-likeness (QED) is 0.862. The summed E-state index contributed by atoms with van der Waals surface area (Å²) in [6.07, 6.45) is -5.74. The summed E-state index contributed by atoms with van der Waals surface area (Å²) in [6.45, 7) is 1.66. The van der Waals surface area contributed by atoms with Crippen molar-refractivity contribution in [1.82, 2.24) is 10.2 Å². The molecule has 7 heteroatoms. The molecular weight excluding hydrogens is 279 g/mol. The van der Waals surface area contributed by atoms with E-state index in [0.717, 1.165) is 18.2 Å². The third-order valence-corrected chi connectivity index (χ3v) is 3.35. The highest BCUT2D eigenvalue weighted by molar-refractivity contribution is 5.24. The molecule has 2 nitrogen and oxygen atoms in total. The van der Waals surface area contributed by atoms with Crippen molar-refractivity contribution in [2.24, 2.45) is 0 Å². The summed E-state index contributed by atoms with van der Waals surface area (Å²) in [5.74, 6) is -1.87. The van der Waals surface area contributed by atoms with E-state index in [4.69, 9.17) is 0 Å². The zero-order valence-corrected chi connectivity index (χ0v) is 10.7. The molecule has 112 valence electrons. The van der Waals surface area contributed by atoms with E-state index in [1.54, 1.807) is 0 Å². The van der Waals surface area contributed by atoms with Crippen LogP contribution in [0.4, 0.5) is 22.0 Å². The lowest BCUT2D eigenvalue weighted by Crippen LogP contribution is -2.46. The van der Waals surface area contributed by atoms with Gasteiger partial charge in [0, 0.05) is 37.8 Å². The number of benzene rings is 1. The maximum Gasteiger partial charge on any atom is 0.390 e. The van der Waals surface area contributed by atoms with Gasteiger partial charge < -0.3 is 5.32 Å². The predicted molar refractivity (Wildman–Crippen MR) is 64.2 cm³/mol. The van der Waals surface area contributed by atoms with E-state index in [-0.39, 0.29) is 0 Å². The van der Waals surface area contributed by atoms with Gasteiger partial charge in [-0.1, -0.05) is 6.07 Å². The van der Waals surface area contributed by atoms with Crippen LogP contribution in [0, 0.1) is 11.6 Å². The van der Waals surface area contributed by atoms with Crippen LogP contribution in [0.25, 0.3) is 0 Å². The number of piperazine rings is 1. The van der Waals surface area contributed by atoms with Crippen LogP contribution in [0.2, 0.25) is 0 Å². The Bertz CT molecular complexity index is 434. The molecule has 0 amide bonds. The second-order valence-electron chi connectivity index (χ2n) is 4.76. The molecule has 1 aromatic rings. The van der Waals surface area contributed by atoms with Crippen molar-refractivity contribution in [2.45, 2.75) is 18.6 Å². The third kappa shape index (κ3) is 3.67. The monoisotopic (exact) mass is 294 g/mol. The zero-order chi connectivity index (χ0) is 14.8. The molecule has 1 atom stereocenters. The Morgan fingerprint density at radius 2 is 1.65 bits per heavy atom. The van der Waals surface area contributed by atoms with Gasteiger partial charge in [-0.25, -0.2) is 8.78 Å². The fourth-order valence-corrected chi connectivity index (χ4v) is 2.46. The van der Waals surface area contributed by atoms with Gasteiger partial charge in [-0.05, 0) is 12.1 Å². The second-order valence-corrected chi connectivity index (χ2v) is 4.76. The molecule has 2 rings (SSSR count). The summed E-state index contributed by atoms with van der Waals surface area (Å²) >= 11 is 0. The van der Waals surface area contributed by atoms with Crippen molar-refractivity contribution in [3.05, 3.63) is 35.4 Å². The Kier molecular flexibility index (Phi) is 4.59. The lowest BCUT2D eigenvalue weighted by atomic mass is 9.99. The van der Waals surface area contributed by atoms with Gasteiger partial charge in [0.15, 0.2) is 0 Å². The first-order valence-corrected chi connectivity index (χ1v) is 6.34. The number of nitrogens with one attached hydrogen (secondary N) is 1. The Morgan fingerprint density at radius 3 is 2.15 bits per heavy atom. The number of hydrogen-bond acceptors (Lipinski definition) is 2. The van der Waals surface area contributed by atoms with Gasteiger partial charge in [0.2, 0.25) is 0 Å². The molecule has 1 aliphatic rings. The van der Waals surface area contributed by atoms with E-state index in [0.29, 0.717) is 26.2 Å². The minimum atomic E-state index is -4.48. The minimum absolute atomic E-state index is 0.328. The highest BCUT2D eigenvalue weighted by Gasteiger charge is 2.38. The lowest BCUT2D eigenvalue weighted by Gasteiger charge is -2.35. The van der Waals surface area contributed by atoms with Gasteiger partial charge in [-0.3, -0.25) is 4.90 Å². The summed E-state index contributed by atoms with van der Waals surface area (Å²) in [7, 11) is 0. The van der Waals surface area contributed by atoms with Gasteiger partial charge in [0.25, 0.3) is 0 Å². The topological polar surface area (TPSA) is 15.3 Å². The highest BCUT2D eigenvalue weighted by atomic mass is 19.4. The lowest BCUT2D eigenvalue weighted by molar-refractivity contribution is -0.149. The number of halogens is 5. The Morgan fingerprint density at radius 1 is 1.10 bits per heavy atom. The van der Waals surface area contributed by atoms with E-state index >= 15 is 0 Å². The van der Waals surface area contributed by atoms with Gasteiger partial charge >= 0.3 is 6.18 Å². The summed E-state index contributed by atoms with van der Waals surface area (Å²) in [4.78, 5) is 1.48. The summed E-state index contributed by atoms with van der Waals surface area (Å²) in [6, 6.07) is 1.81. The van der Waals surface area contributed by atoms with Crippen LogP contribution in [-0.4, -0.2) is 37.3 Å². The molecule has 0 unspecified atom stereocenters. The molecule has 1 heterocycles. The van der Waals surface area contributed by atoms with Crippen molar-refractivity contribution in [3.63, 3.8) is 0 Å². The standard InChI is InChI=1S/C13H15F5N2/c14-9-2-1-3-10(15)12(9)11(8-13(16,17)18)20-6-4-19-5-7-20/h1-3,11,19H,4-8H2/t11-/m1/s1. The first-order valence-electron chi connectivity index (χ1n) is 6.34. The molecule has 1 fully saturated rings. The predicted octanol–water partition coefficient (Wildman–Crippen LogP) is 2.86. The molecular formula is C13H15F5N2. The van der Waals surface area contributed by atoms with Gasteiger partial charge in [0.05, 0.1) is 6.42 Å². The first-order chi connectivity index (χ1) is 9.38. The molecule has 1 N–H and O–H groups in total. The molecule has 0 aliphatic carbocycles. The first kappa shape index (κ1) is 15.2. The summed E-state index contributed by atoms with van der Waals surface area (Å²) < 4.78 is 65.7. The second kappa shape index (κ2) is 6.05. The molecule has 0 radical (unpaired) electrons. The maximum absolute atomic E-state index is 13.8. The Hall–Kier alpha value is -1.21. The molecule has 0 spiro atoms. The number of rotatable bonds is 3. The van der Waals surface area contributed by atoms with E-state index < -0.39 is 35.8 Å². The van der Waals surface area contributed by atoms with Crippen LogP contribution in [0.1, 0.15) is 18.0 Å². The molecule has 1 aromatic carbocycles. The highest BCUT2D eigenvalue weighted by Crippen LogP contribution is 2.36. The summed E-state index contributed by atoms with van der Waals surface area (Å²) in [5.41, 5.74) is -0.494. The van der Waals surface area contributed by atoms with E-state index in [1.807, 2.05) is 0 Å². The number of hydrogen-bond donors (Lipinski definition) is 1. The van der Waals surface area contributed by atoms with E-state index in [9.17, 15) is 22.0 Å². The van der Waals surface area contributed by atoms with Crippen molar-refractivity contribution < 1.29 is 22.0 Å². The molecule has 0 bridgehead atoms. The van der Waals surface area contributed by atoms with Crippen molar-refractivity contribution >= 4 is 0 Å². The molecule has 0 saturated carbocycles. The van der Waals surface area contributed by atoms with Gasteiger partial charge in [0.1, 0.15) is 11.6 Å². The molecule has 0 aromatic heterocycles. The Labute approximate surface area is 113 Å². The number of nitrogens with zero attached hydrogens (tertiary/aromatic N) is 1. The molecule has 20 heavy (non-hydrogen) atoms. The average Bonchev–Trinajstić information content (AvgIpc) is 2.37. The van der Waals surface area contributed by atoms with Gasteiger partial charge in [-0.15, -0.1) is 0 Å². The van der Waals surface area contributed by atoms with Gasteiger partial charge in [-0.2, -0.15) is 13.2 Å². The van der Waals surface area contributed by atoms with E-state index in [1.165, 1.54) is 4.90 Å². The molecule has 1 saturated heterocycles. The largest absolute Gasteiger partial charge is 0.390 e. The minimum Gasteiger partial charge on any atom is -0.314 e. The van der Waals surface area contributed by atoms with Crippen molar-refractivity contribution in [2.75, 3.05) is 26.2 Å². The van der Waals surface area contributed by atoms with Crippen LogP contribution in [0.15, 0.2) is 18.2 Å². The Balaban J connectivity index is 2.34. The zero-order valence-electron chi connectivity index (χ0n) is 10.7. The summed E-state index contributed by atoms with van der Waals surface area (Å²) in [5, 5.41) is 3.00. The smallest absolute Gasteiger partial charge is 0.314 e.